The van der Waals surface area contributed by atoms with Gasteiger partial charge in [0.05, 0.1) is 0 Å². The molecule has 0 nitrogen and oxygen atoms in total. The fourth-order valence-corrected chi connectivity index (χ4v) is 0.572. The van der Waals surface area contributed by atoms with Crippen LogP contribution in [0.15, 0.2) is 29.0 Å². The van der Waals surface area contributed by atoms with Gasteiger partial charge in [-0.1, -0.05) is 5.92 Å². The van der Waals surface area contributed by atoms with Crippen LogP contribution in [-0.2, 0) is 0 Å². The molecule has 0 bridgehead atoms. The Morgan fingerprint density at radius 1 is 1.18 bits per heavy atom. The highest BCUT2D eigenvalue weighted by Gasteiger charge is 1.73. The fourth-order valence-electron chi connectivity index (χ4n) is 0.572. The first kappa shape index (κ1) is 9.82. The Bertz CT molecular complexity index is 256. The molecule has 0 rings (SSSR count). The van der Waals surface area contributed by atoms with Crippen LogP contribution in [0.4, 0.5) is 0 Å². The van der Waals surface area contributed by atoms with Crippen LogP contribution in [-0.4, -0.2) is 0 Å². The van der Waals surface area contributed by atoms with Crippen LogP contribution in [0, 0.1) is 11.8 Å². The van der Waals surface area contributed by atoms with Crippen LogP contribution >= 0.6 is 0 Å². The zero-order valence-corrected chi connectivity index (χ0v) is 7.65. The molecule has 0 aromatic rings. The first-order valence-electron chi connectivity index (χ1n) is 3.66. The zero-order chi connectivity index (χ0) is 8.69. The molecule has 0 heterocycles. The second-order valence-electron chi connectivity index (χ2n) is 2.54. The molecule has 58 valence electrons. The van der Waals surface area contributed by atoms with Crippen molar-refractivity contribution in [2.75, 3.05) is 0 Å². The molecule has 0 fully saturated rings. The lowest BCUT2D eigenvalue weighted by molar-refractivity contribution is 1.41. The zero-order valence-electron chi connectivity index (χ0n) is 7.65. The van der Waals surface area contributed by atoms with Gasteiger partial charge in [0, 0.05) is 0 Å². The molecule has 0 radical (unpaired) electrons. The molecule has 0 unspecified atom stereocenters. The normalized spacial score (nSPS) is 9.27. The summed E-state index contributed by atoms with van der Waals surface area (Å²) < 4.78 is 0. The van der Waals surface area contributed by atoms with Gasteiger partial charge in [0.15, 0.2) is 0 Å². The maximum Gasteiger partial charge on any atom is -0.000479 e. The van der Waals surface area contributed by atoms with Gasteiger partial charge < -0.3 is 0 Å². The summed E-state index contributed by atoms with van der Waals surface area (Å²) in [5, 5.41) is 0. The minimum absolute atomic E-state index is 1.07. The smallest absolute Gasteiger partial charge is 0.000479 e. The predicted molar refractivity (Wildman–Crippen MR) is 50.2 cm³/mol. The van der Waals surface area contributed by atoms with Gasteiger partial charge in [-0.15, -0.1) is 11.7 Å². The molecule has 0 aliphatic carbocycles. The standard InChI is InChI=1S/C11H14/c1-5-7-11(4)9-6-8-10(2)3/h6,9H,1-4H3/b11-9+. The lowest BCUT2D eigenvalue weighted by Gasteiger charge is -1.80. The summed E-state index contributed by atoms with van der Waals surface area (Å²) in [5.41, 5.74) is 5.33. The Morgan fingerprint density at radius 2 is 1.82 bits per heavy atom. The molecule has 0 N–H and O–H groups in total. The van der Waals surface area contributed by atoms with Gasteiger partial charge in [-0.25, -0.2) is 0 Å². The van der Waals surface area contributed by atoms with Crippen LogP contribution in [0.3, 0.4) is 0 Å². The van der Waals surface area contributed by atoms with E-state index < -0.39 is 0 Å². The lowest BCUT2D eigenvalue weighted by Crippen LogP contribution is -1.64. The second kappa shape index (κ2) is 5.59. The Kier molecular flexibility index (Phi) is 4.99. The summed E-state index contributed by atoms with van der Waals surface area (Å²) in [7, 11) is 0. The van der Waals surface area contributed by atoms with Crippen molar-refractivity contribution in [2.45, 2.75) is 27.7 Å². The second-order valence-corrected chi connectivity index (χ2v) is 2.54. The highest BCUT2D eigenvalue weighted by molar-refractivity contribution is 5.29. The van der Waals surface area contributed by atoms with E-state index in [1.165, 1.54) is 5.57 Å². The largest absolute Gasteiger partial charge is 0.122 e. The average Bonchev–Trinajstić information content (AvgIpc) is 1.87. The van der Waals surface area contributed by atoms with Crippen LogP contribution in [0.1, 0.15) is 27.7 Å². The molecule has 0 amide bonds. The molecule has 0 aliphatic rings. The van der Waals surface area contributed by atoms with E-state index in [2.05, 4.69) is 17.6 Å². The van der Waals surface area contributed by atoms with Crippen LogP contribution in [0.5, 0.6) is 0 Å². The third-order valence-corrected chi connectivity index (χ3v) is 1.03. The Labute approximate surface area is 69.3 Å². The fraction of sp³-hybridized carbons (Fsp3) is 0.364. The van der Waals surface area contributed by atoms with Gasteiger partial charge in [-0.2, -0.15) is 0 Å². The minimum atomic E-state index is 1.07. The monoisotopic (exact) mass is 146 g/mol. The van der Waals surface area contributed by atoms with Crippen molar-refractivity contribution < 1.29 is 0 Å². The Hall–Kier alpha value is -1.18. The summed E-state index contributed by atoms with van der Waals surface area (Å²) in [4.78, 5) is 0. The van der Waals surface area contributed by atoms with Crippen molar-refractivity contribution in [2.24, 2.45) is 0 Å². The van der Waals surface area contributed by atoms with E-state index in [1.807, 2.05) is 39.8 Å². The highest BCUT2D eigenvalue weighted by Crippen LogP contribution is 1.90. The third-order valence-electron chi connectivity index (χ3n) is 1.03. The lowest BCUT2D eigenvalue weighted by atomic mass is 10.2. The van der Waals surface area contributed by atoms with E-state index >= 15 is 0 Å². The minimum Gasteiger partial charge on any atom is -0.122 e. The highest BCUT2D eigenvalue weighted by atomic mass is 13.8. The van der Waals surface area contributed by atoms with Crippen molar-refractivity contribution in [3.8, 4) is 11.8 Å². The molecule has 0 spiro atoms. The van der Waals surface area contributed by atoms with Crippen molar-refractivity contribution in [3.63, 3.8) is 0 Å². The summed E-state index contributed by atoms with van der Waals surface area (Å²) >= 11 is 0. The maximum atomic E-state index is 3.08. The third kappa shape index (κ3) is 6.71. The molecular formula is C11H14. The van der Waals surface area contributed by atoms with Crippen LogP contribution < -0.4 is 0 Å². The average molecular weight is 146 g/mol. The number of rotatable bonds is 1. The van der Waals surface area contributed by atoms with E-state index in [4.69, 9.17) is 0 Å². The van der Waals surface area contributed by atoms with Gasteiger partial charge in [0.25, 0.3) is 0 Å². The number of hydrogen-bond acceptors (Lipinski definition) is 0. The molecule has 11 heavy (non-hydrogen) atoms. The van der Waals surface area contributed by atoms with Gasteiger partial charge in [-0.05, 0) is 51.0 Å². The molecule has 0 aromatic carbocycles. The van der Waals surface area contributed by atoms with E-state index in [1.54, 1.807) is 0 Å². The van der Waals surface area contributed by atoms with Crippen molar-refractivity contribution in [3.05, 3.63) is 29.0 Å². The van der Waals surface area contributed by atoms with E-state index in [0.29, 0.717) is 0 Å². The Balaban J connectivity index is 4.32. The summed E-state index contributed by atoms with van der Waals surface area (Å²) in [6.45, 7) is 7.86. The first-order valence-corrected chi connectivity index (χ1v) is 3.66. The topological polar surface area (TPSA) is 0 Å². The number of hydrogen-bond donors (Lipinski definition) is 0. The molecule has 0 aliphatic heterocycles. The summed E-state index contributed by atoms with van der Waals surface area (Å²) in [6, 6.07) is 0. The summed E-state index contributed by atoms with van der Waals surface area (Å²) in [5.74, 6) is 5.78. The summed E-state index contributed by atoms with van der Waals surface area (Å²) in [6.07, 6.45) is 3.86. The van der Waals surface area contributed by atoms with Crippen molar-refractivity contribution in [1.29, 1.82) is 0 Å². The predicted octanol–water partition coefficient (Wildman–Crippen LogP) is 3.08. The van der Waals surface area contributed by atoms with Crippen molar-refractivity contribution >= 4 is 0 Å². The first-order chi connectivity index (χ1) is 5.16. The Morgan fingerprint density at radius 3 is 2.27 bits per heavy atom. The van der Waals surface area contributed by atoms with Gasteiger partial charge in [-0.3, -0.25) is 0 Å². The van der Waals surface area contributed by atoms with E-state index in [0.717, 1.165) is 5.57 Å². The molecular weight excluding hydrogens is 132 g/mol. The van der Waals surface area contributed by atoms with Crippen LogP contribution in [0.2, 0.25) is 0 Å². The maximum absolute atomic E-state index is 3.08. The molecule has 0 heteroatoms. The SMILES string of the molecule is CC#C/C(C)=C/C=C=C(C)C. The van der Waals surface area contributed by atoms with Gasteiger partial charge in [0.2, 0.25) is 0 Å². The van der Waals surface area contributed by atoms with Gasteiger partial charge >= 0.3 is 0 Å². The molecule has 0 aromatic heterocycles. The van der Waals surface area contributed by atoms with E-state index in [-0.39, 0.29) is 0 Å². The van der Waals surface area contributed by atoms with E-state index in [9.17, 15) is 0 Å². The molecule has 0 saturated carbocycles. The number of allylic oxidation sites excluding steroid dienone is 3. The molecule has 0 atom stereocenters. The molecule has 0 saturated heterocycles. The van der Waals surface area contributed by atoms with Crippen LogP contribution in [0.25, 0.3) is 0 Å². The quantitative estimate of drug-likeness (QED) is 0.303. The van der Waals surface area contributed by atoms with Crippen molar-refractivity contribution in [1.82, 2.24) is 0 Å². The van der Waals surface area contributed by atoms with Gasteiger partial charge in [0.1, 0.15) is 0 Å².